The Hall–Kier alpha value is -2.34. The van der Waals surface area contributed by atoms with Crippen molar-refractivity contribution < 1.29 is 9.53 Å². The first-order chi connectivity index (χ1) is 11.7. The van der Waals surface area contributed by atoms with E-state index in [-0.39, 0.29) is 5.91 Å². The molecule has 0 spiro atoms. The first kappa shape index (κ1) is 16.5. The van der Waals surface area contributed by atoms with Crippen LogP contribution in [-0.4, -0.2) is 47.1 Å². The van der Waals surface area contributed by atoms with E-state index in [1.165, 1.54) is 11.3 Å². The van der Waals surface area contributed by atoms with E-state index in [1.54, 1.807) is 7.11 Å². The van der Waals surface area contributed by atoms with Gasteiger partial charge in [-0.25, -0.2) is 4.98 Å². The number of carbonyl (C=O) groups is 1. The predicted octanol–water partition coefficient (Wildman–Crippen LogP) is 1.15. The Balaban J connectivity index is 1.41. The van der Waals surface area contributed by atoms with Crippen LogP contribution in [0.3, 0.4) is 0 Å². The number of imidazole rings is 1. The highest BCUT2D eigenvalue weighted by Crippen LogP contribution is 2.16. The summed E-state index contributed by atoms with van der Waals surface area (Å²) in [6, 6.07) is 7.93. The van der Waals surface area contributed by atoms with E-state index < -0.39 is 0 Å². The zero-order valence-corrected chi connectivity index (χ0v) is 14.3. The second kappa shape index (κ2) is 7.49. The molecule has 1 aliphatic heterocycles. The van der Waals surface area contributed by atoms with Crippen molar-refractivity contribution in [2.75, 3.05) is 26.7 Å². The second-order valence-corrected chi connectivity index (χ2v) is 6.16. The molecule has 0 fully saturated rings. The van der Waals surface area contributed by atoms with Crippen LogP contribution in [0.1, 0.15) is 17.0 Å². The van der Waals surface area contributed by atoms with Gasteiger partial charge in [0.25, 0.3) is 0 Å². The van der Waals surface area contributed by atoms with Crippen LogP contribution in [0.4, 0.5) is 0 Å². The van der Waals surface area contributed by atoms with E-state index in [9.17, 15) is 4.79 Å². The van der Waals surface area contributed by atoms with Gasteiger partial charge in [0, 0.05) is 38.8 Å². The third-order valence-electron chi connectivity index (χ3n) is 4.45. The van der Waals surface area contributed by atoms with Gasteiger partial charge in [-0.15, -0.1) is 0 Å². The molecule has 0 radical (unpaired) electrons. The van der Waals surface area contributed by atoms with Crippen molar-refractivity contribution in [2.24, 2.45) is 7.05 Å². The van der Waals surface area contributed by atoms with Crippen LogP contribution in [0, 0.1) is 0 Å². The molecule has 128 valence electrons. The maximum Gasteiger partial charge on any atom is 0.234 e. The lowest BCUT2D eigenvalue weighted by Gasteiger charge is -2.25. The van der Waals surface area contributed by atoms with Crippen molar-refractivity contribution in [3.8, 4) is 5.75 Å². The first-order valence-electron chi connectivity index (χ1n) is 8.27. The average molecular weight is 328 g/mol. The minimum absolute atomic E-state index is 0.0721. The van der Waals surface area contributed by atoms with Crippen LogP contribution >= 0.6 is 0 Å². The molecule has 6 heteroatoms. The molecule has 1 amide bonds. The van der Waals surface area contributed by atoms with Gasteiger partial charge in [-0.1, -0.05) is 12.1 Å². The molecule has 1 aromatic heterocycles. The molecule has 0 unspecified atom stereocenters. The number of benzene rings is 1. The van der Waals surface area contributed by atoms with Crippen molar-refractivity contribution in [1.82, 2.24) is 19.8 Å². The zero-order valence-electron chi connectivity index (χ0n) is 14.3. The molecule has 2 heterocycles. The largest absolute Gasteiger partial charge is 0.497 e. The average Bonchev–Trinajstić information content (AvgIpc) is 2.96. The minimum Gasteiger partial charge on any atom is -0.497 e. The highest BCUT2D eigenvalue weighted by atomic mass is 16.5. The van der Waals surface area contributed by atoms with Crippen molar-refractivity contribution >= 4 is 5.91 Å². The van der Waals surface area contributed by atoms with E-state index in [4.69, 9.17) is 4.74 Å². The van der Waals surface area contributed by atoms with E-state index in [0.29, 0.717) is 13.1 Å². The number of aryl methyl sites for hydroxylation is 1. The molecule has 6 nitrogen and oxygen atoms in total. The number of hydrogen-bond donors (Lipinski definition) is 1. The molecular formula is C18H24N4O2. The molecular weight excluding hydrogens is 304 g/mol. The van der Waals surface area contributed by atoms with Crippen LogP contribution in [0.2, 0.25) is 0 Å². The summed E-state index contributed by atoms with van der Waals surface area (Å²) in [6.07, 6.45) is 3.62. The minimum atomic E-state index is 0.0721. The number of rotatable bonds is 6. The number of nitrogens with one attached hydrogen (secondary N) is 1. The molecule has 24 heavy (non-hydrogen) atoms. The number of carbonyl (C=O) groups excluding carboxylic acids is 1. The molecule has 0 saturated heterocycles. The fourth-order valence-electron chi connectivity index (χ4n) is 3.04. The smallest absolute Gasteiger partial charge is 0.234 e. The molecule has 1 aromatic carbocycles. The number of methoxy groups -OCH3 is 1. The van der Waals surface area contributed by atoms with E-state index >= 15 is 0 Å². The maximum atomic E-state index is 12.1. The number of fused-ring (bicyclic) bond motifs is 1. The lowest BCUT2D eigenvalue weighted by molar-refractivity contribution is -0.122. The second-order valence-electron chi connectivity index (χ2n) is 6.16. The summed E-state index contributed by atoms with van der Waals surface area (Å²) in [5, 5.41) is 3.00. The third kappa shape index (κ3) is 3.94. The summed E-state index contributed by atoms with van der Waals surface area (Å²) in [5.74, 6) is 0.921. The van der Waals surface area contributed by atoms with E-state index in [1.807, 2.05) is 37.6 Å². The first-order valence-corrected chi connectivity index (χ1v) is 8.27. The molecule has 0 aliphatic carbocycles. The summed E-state index contributed by atoms with van der Waals surface area (Å²) in [5.41, 5.74) is 3.56. The van der Waals surface area contributed by atoms with Crippen LogP contribution in [0.25, 0.3) is 0 Å². The van der Waals surface area contributed by atoms with Gasteiger partial charge in [0.05, 0.1) is 25.7 Å². The summed E-state index contributed by atoms with van der Waals surface area (Å²) < 4.78 is 7.21. The molecule has 0 saturated carbocycles. The van der Waals surface area contributed by atoms with E-state index in [0.717, 1.165) is 37.4 Å². The van der Waals surface area contributed by atoms with Crippen molar-refractivity contribution in [1.29, 1.82) is 0 Å². The SMILES string of the molecule is COc1ccc(CCNC(=O)CN2CCc3c(ncn3C)C2)cc1. The number of amides is 1. The zero-order chi connectivity index (χ0) is 16.9. The monoisotopic (exact) mass is 328 g/mol. The van der Waals surface area contributed by atoms with Crippen molar-refractivity contribution in [3.63, 3.8) is 0 Å². The van der Waals surface area contributed by atoms with Crippen LogP contribution in [0.5, 0.6) is 5.75 Å². The maximum absolute atomic E-state index is 12.1. The Morgan fingerprint density at radius 2 is 2.12 bits per heavy atom. The quantitative estimate of drug-likeness (QED) is 0.864. The van der Waals surface area contributed by atoms with E-state index in [2.05, 4.69) is 19.8 Å². The Kier molecular flexibility index (Phi) is 5.15. The summed E-state index contributed by atoms with van der Waals surface area (Å²) in [6.45, 7) is 2.73. The van der Waals surface area contributed by atoms with Gasteiger partial charge >= 0.3 is 0 Å². The van der Waals surface area contributed by atoms with Gasteiger partial charge in [0.1, 0.15) is 5.75 Å². The van der Waals surface area contributed by atoms with Crippen LogP contribution in [-0.2, 0) is 31.2 Å². The summed E-state index contributed by atoms with van der Waals surface area (Å²) in [7, 11) is 3.68. The van der Waals surface area contributed by atoms with Crippen LogP contribution in [0.15, 0.2) is 30.6 Å². The summed E-state index contributed by atoms with van der Waals surface area (Å²) >= 11 is 0. The highest BCUT2D eigenvalue weighted by molar-refractivity contribution is 5.78. The Morgan fingerprint density at radius 1 is 1.33 bits per heavy atom. The summed E-state index contributed by atoms with van der Waals surface area (Å²) in [4.78, 5) is 18.7. The standard InChI is InChI=1S/C18H24N4O2/c1-21-13-20-16-11-22(10-8-17(16)21)12-18(23)19-9-7-14-3-5-15(24-2)6-4-14/h3-6,13H,7-12H2,1-2H3,(H,19,23). The normalized spacial score (nSPS) is 14.2. The number of hydrogen-bond acceptors (Lipinski definition) is 4. The fraction of sp³-hybridized carbons (Fsp3) is 0.444. The fourth-order valence-corrected chi connectivity index (χ4v) is 3.04. The van der Waals surface area contributed by atoms with Gasteiger partial charge < -0.3 is 14.6 Å². The molecule has 0 bridgehead atoms. The number of nitrogens with zero attached hydrogens (tertiary/aromatic N) is 3. The topological polar surface area (TPSA) is 59.4 Å². The Labute approximate surface area is 142 Å². The third-order valence-corrected chi connectivity index (χ3v) is 4.45. The van der Waals surface area contributed by atoms with Crippen molar-refractivity contribution in [3.05, 3.63) is 47.5 Å². The Morgan fingerprint density at radius 3 is 2.88 bits per heavy atom. The van der Waals surface area contributed by atoms with Gasteiger partial charge in [-0.2, -0.15) is 0 Å². The van der Waals surface area contributed by atoms with Crippen LogP contribution < -0.4 is 10.1 Å². The molecule has 1 N–H and O–H groups in total. The molecule has 1 aliphatic rings. The Bertz CT molecular complexity index is 694. The predicted molar refractivity (Wildman–Crippen MR) is 91.9 cm³/mol. The lowest BCUT2D eigenvalue weighted by Crippen LogP contribution is -2.40. The highest BCUT2D eigenvalue weighted by Gasteiger charge is 2.21. The number of aromatic nitrogens is 2. The van der Waals surface area contributed by atoms with Gasteiger partial charge in [0.2, 0.25) is 5.91 Å². The number of ether oxygens (including phenoxy) is 1. The van der Waals surface area contributed by atoms with Gasteiger partial charge in [-0.3, -0.25) is 9.69 Å². The molecule has 2 aromatic rings. The molecule has 3 rings (SSSR count). The van der Waals surface area contributed by atoms with Gasteiger partial charge in [-0.05, 0) is 24.1 Å². The lowest BCUT2D eigenvalue weighted by atomic mass is 10.1. The molecule has 0 atom stereocenters. The van der Waals surface area contributed by atoms with Crippen molar-refractivity contribution in [2.45, 2.75) is 19.4 Å². The van der Waals surface area contributed by atoms with Gasteiger partial charge in [0.15, 0.2) is 0 Å².